The molecule has 4 heterocycles. The van der Waals surface area contributed by atoms with Crippen LogP contribution in [0.15, 0.2) is 45.6 Å². The SMILES string of the molecule is Cc1nc(N2C[C@@H](Nc3ncco3)C[C@H]2C(=O)O)c2oc3ccccc3c2n1. The number of fused-ring (bicyclic) bond motifs is 3. The molecule has 0 unspecified atom stereocenters. The van der Waals surface area contributed by atoms with E-state index in [1.165, 1.54) is 12.5 Å². The number of rotatable bonds is 4. The van der Waals surface area contributed by atoms with E-state index in [0.717, 1.165) is 5.39 Å². The highest BCUT2D eigenvalue weighted by atomic mass is 16.4. The van der Waals surface area contributed by atoms with Gasteiger partial charge in [-0.25, -0.2) is 19.7 Å². The number of aromatic nitrogens is 3. The number of furan rings is 1. The molecule has 0 amide bonds. The van der Waals surface area contributed by atoms with Gasteiger partial charge in [-0.2, -0.15) is 0 Å². The lowest BCUT2D eigenvalue weighted by atomic mass is 10.2. The summed E-state index contributed by atoms with van der Waals surface area (Å²) in [7, 11) is 0. The molecule has 28 heavy (non-hydrogen) atoms. The van der Waals surface area contributed by atoms with Crippen molar-refractivity contribution in [1.29, 1.82) is 0 Å². The lowest BCUT2D eigenvalue weighted by molar-refractivity contribution is -0.138. The fraction of sp³-hybridized carbons (Fsp3) is 0.263. The van der Waals surface area contributed by atoms with Crippen molar-refractivity contribution < 1.29 is 18.7 Å². The van der Waals surface area contributed by atoms with Crippen LogP contribution in [0.2, 0.25) is 0 Å². The van der Waals surface area contributed by atoms with Crippen LogP contribution in [-0.4, -0.2) is 44.7 Å². The standard InChI is InChI=1S/C19H17N5O4/c1-10-21-15-12-4-2-3-5-14(12)28-16(15)17(22-10)24-9-11(8-13(24)18(25)26)23-19-20-6-7-27-19/h2-7,11,13H,8-9H2,1H3,(H,20,23)(H,25,26)/t11-,13-/m0/s1. The van der Waals surface area contributed by atoms with Crippen molar-refractivity contribution >= 4 is 39.9 Å². The van der Waals surface area contributed by atoms with Crippen molar-refractivity contribution in [3.8, 4) is 0 Å². The number of carboxylic acid groups (broad SMARTS) is 1. The third kappa shape index (κ3) is 2.63. The van der Waals surface area contributed by atoms with E-state index in [-0.39, 0.29) is 6.04 Å². The predicted octanol–water partition coefficient (Wildman–Crippen LogP) is 2.82. The van der Waals surface area contributed by atoms with Crippen molar-refractivity contribution in [2.45, 2.75) is 25.4 Å². The Kier molecular flexibility index (Phi) is 3.68. The Labute approximate surface area is 159 Å². The topological polar surface area (TPSA) is 118 Å². The summed E-state index contributed by atoms with van der Waals surface area (Å²) >= 11 is 0. The maximum absolute atomic E-state index is 11.9. The lowest BCUT2D eigenvalue weighted by Gasteiger charge is -2.22. The first-order chi connectivity index (χ1) is 13.6. The molecule has 5 rings (SSSR count). The van der Waals surface area contributed by atoms with Gasteiger partial charge in [-0.1, -0.05) is 12.1 Å². The van der Waals surface area contributed by atoms with Crippen molar-refractivity contribution in [3.63, 3.8) is 0 Å². The number of anilines is 2. The summed E-state index contributed by atoms with van der Waals surface area (Å²) in [4.78, 5) is 26.8. The summed E-state index contributed by atoms with van der Waals surface area (Å²) in [5.41, 5.74) is 1.88. The van der Waals surface area contributed by atoms with Crippen LogP contribution in [0.1, 0.15) is 12.2 Å². The Morgan fingerprint density at radius 1 is 1.32 bits per heavy atom. The highest BCUT2D eigenvalue weighted by molar-refractivity contribution is 6.06. The second kappa shape index (κ2) is 6.22. The summed E-state index contributed by atoms with van der Waals surface area (Å²) in [6.07, 6.45) is 3.38. The van der Waals surface area contributed by atoms with Crippen molar-refractivity contribution in [1.82, 2.24) is 15.0 Å². The number of carbonyl (C=O) groups is 1. The zero-order valence-electron chi connectivity index (χ0n) is 15.0. The highest BCUT2D eigenvalue weighted by Gasteiger charge is 2.39. The van der Waals surface area contributed by atoms with Gasteiger partial charge in [-0.05, 0) is 19.1 Å². The number of carboxylic acids is 1. The third-order valence-corrected chi connectivity index (χ3v) is 4.93. The fourth-order valence-corrected chi connectivity index (χ4v) is 3.76. The van der Waals surface area contributed by atoms with Gasteiger partial charge in [0.2, 0.25) is 0 Å². The summed E-state index contributed by atoms with van der Waals surface area (Å²) in [6.45, 7) is 2.21. The molecule has 0 spiro atoms. The van der Waals surface area contributed by atoms with Crippen LogP contribution in [0, 0.1) is 6.92 Å². The van der Waals surface area contributed by atoms with Gasteiger partial charge < -0.3 is 24.2 Å². The number of oxazole rings is 1. The van der Waals surface area contributed by atoms with Crippen molar-refractivity contribution in [3.05, 3.63) is 42.5 Å². The van der Waals surface area contributed by atoms with Crippen molar-refractivity contribution in [2.75, 3.05) is 16.8 Å². The number of aliphatic carboxylic acids is 1. The van der Waals surface area contributed by atoms with Crippen molar-refractivity contribution in [2.24, 2.45) is 0 Å². The molecular weight excluding hydrogens is 362 g/mol. The first-order valence-electron chi connectivity index (χ1n) is 8.91. The van der Waals surface area contributed by atoms with Gasteiger partial charge in [0.15, 0.2) is 11.4 Å². The smallest absolute Gasteiger partial charge is 0.326 e. The average Bonchev–Trinajstić information content (AvgIpc) is 3.40. The molecule has 4 aromatic rings. The summed E-state index contributed by atoms with van der Waals surface area (Å²) < 4.78 is 11.2. The fourth-order valence-electron chi connectivity index (χ4n) is 3.76. The van der Waals surface area contributed by atoms with Crippen LogP contribution in [0.5, 0.6) is 0 Å². The van der Waals surface area contributed by atoms with Gasteiger partial charge >= 0.3 is 5.97 Å². The van der Waals surface area contributed by atoms with E-state index < -0.39 is 12.0 Å². The van der Waals surface area contributed by atoms with Crippen LogP contribution in [-0.2, 0) is 4.79 Å². The molecule has 1 aromatic carbocycles. The van der Waals surface area contributed by atoms with E-state index in [1.807, 2.05) is 24.3 Å². The molecule has 1 saturated heterocycles. The molecule has 2 N–H and O–H groups in total. The van der Waals surface area contributed by atoms with Gasteiger partial charge in [0, 0.05) is 18.4 Å². The van der Waals surface area contributed by atoms with Gasteiger partial charge in [0.05, 0.1) is 12.2 Å². The minimum Gasteiger partial charge on any atom is -0.480 e. The first kappa shape index (κ1) is 16.5. The largest absolute Gasteiger partial charge is 0.480 e. The normalized spacial score (nSPS) is 19.5. The quantitative estimate of drug-likeness (QED) is 0.552. The molecule has 1 aliphatic rings. The molecule has 1 fully saturated rings. The monoisotopic (exact) mass is 379 g/mol. The number of hydrogen-bond donors (Lipinski definition) is 2. The van der Waals surface area contributed by atoms with Crippen LogP contribution in [0.25, 0.3) is 22.1 Å². The maximum atomic E-state index is 11.9. The molecule has 3 aromatic heterocycles. The second-order valence-electron chi connectivity index (χ2n) is 6.79. The second-order valence-corrected chi connectivity index (χ2v) is 6.79. The molecule has 0 aliphatic carbocycles. The molecule has 0 saturated carbocycles. The third-order valence-electron chi connectivity index (χ3n) is 4.93. The number of para-hydroxylation sites is 1. The number of aryl methyl sites for hydroxylation is 1. The van der Waals surface area contributed by atoms with E-state index in [1.54, 1.807) is 11.8 Å². The molecule has 0 bridgehead atoms. The first-order valence-corrected chi connectivity index (χ1v) is 8.91. The van der Waals surface area contributed by atoms with Gasteiger partial charge in [-0.3, -0.25) is 0 Å². The molecule has 2 atom stereocenters. The minimum absolute atomic E-state index is 0.158. The maximum Gasteiger partial charge on any atom is 0.326 e. The number of nitrogens with zero attached hydrogens (tertiary/aromatic N) is 4. The zero-order valence-corrected chi connectivity index (χ0v) is 15.0. The number of hydrogen-bond acceptors (Lipinski definition) is 8. The lowest BCUT2D eigenvalue weighted by Crippen LogP contribution is -2.37. The van der Waals surface area contributed by atoms with E-state index >= 15 is 0 Å². The zero-order chi connectivity index (χ0) is 19.3. The predicted molar refractivity (Wildman–Crippen MR) is 101 cm³/mol. The summed E-state index contributed by atoms with van der Waals surface area (Å²) in [5, 5.41) is 13.8. The van der Waals surface area contributed by atoms with Crippen LogP contribution in [0.3, 0.4) is 0 Å². The van der Waals surface area contributed by atoms with E-state index in [2.05, 4.69) is 20.3 Å². The molecule has 9 nitrogen and oxygen atoms in total. The van der Waals surface area contributed by atoms with Crippen LogP contribution >= 0.6 is 0 Å². The van der Waals surface area contributed by atoms with Gasteiger partial charge in [0.1, 0.15) is 29.2 Å². The van der Waals surface area contributed by atoms with Gasteiger partial charge in [-0.15, -0.1) is 0 Å². The molecular formula is C19H17N5O4. The van der Waals surface area contributed by atoms with Crippen LogP contribution < -0.4 is 10.2 Å². The highest BCUT2D eigenvalue weighted by Crippen LogP contribution is 2.36. The Morgan fingerprint density at radius 2 is 2.18 bits per heavy atom. The minimum atomic E-state index is -0.919. The summed E-state index contributed by atoms with van der Waals surface area (Å²) in [5.74, 6) is 0.127. The number of benzene rings is 1. The van der Waals surface area contributed by atoms with E-state index in [9.17, 15) is 9.90 Å². The Hall–Kier alpha value is -3.62. The number of nitrogens with one attached hydrogen (secondary N) is 1. The molecule has 142 valence electrons. The van der Waals surface area contributed by atoms with Gasteiger partial charge in [0.25, 0.3) is 6.01 Å². The summed E-state index contributed by atoms with van der Waals surface area (Å²) in [6, 6.07) is 7.05. The van der Waals surface area contributed by atoms with E-state index in [0.29, 0.717) is 47.3 Å². The Bertz CT molecular complexity index is 1170. The molecule has 0 radical (unpaired) electrons. The Balaban J connectivity index is 1.60. The van der Waals surface area contributed by atoms with E-state index in [4.69, 9.17) is 8.83 Å². The molecule has 9 heteroatoms. The molecule has 1 aliphatic heterocycles. The average molecular weight is 379 g/mol. The van der Waals surface area contributed by atoms with Crippen LogP contribution in [0.4, 0.5) is 11.8 Å². The Morgan fingerprint density at radius 3 is 2.96 bits per heavy atom.